The minimum absolute atomic E-state index is 0.0541. The van der Waals surface area contributed by atoms with Crippen molar-refractivity contribution in [1.29, 1.82) is 0 Å². The average Bonchev–Trinajstić information content (AvgIpc) is 2.89. The van der Waals surface area contributed by atoms with Crippen LogP contribution in [0.15, 0.2) is 33.6 Å². The number of hydrogen-bond acceptors (Lipinski definition) is 6. The third-order valence-corrected chi connectivity index (χ3v) is 5.38. The van der Waals surface area contributed by atoms with E-state index in [0.29, 0.717) is 5.56 Å². The molecule has 1 aromatic carbocycles. The van der Waals surface area contributed by atoms with Crippen molar-refractivity contribution in [2.75, 3.05) is 20.2 Å². The molecule has 0 saturated carbocycles. The van der Waals surface area contributed by atoms with E-state index in [2.05, 4.69) is 9.71 Å². The molecule has 9 heteroatoms. The number of likely N-dealkylation sites (N-methyl/N-ethyl adjacent to an activating group) is 1. The summed E-state index contributed by atoms with van der Waals surface area (Å²) in [5.41, 5.74) is 0.439. The summed E-state index contributed by atoms with van der Waals surface area (Å²) in [7, 11) is -2.21. The van der Waals surface area contributed by atoms with Crippen molar-refractivity contribution in [2.45, 2.75) is 37.6 Å². The van der Waals surface area contributed by atoms with Crippen LogP contribution >= 0.6 is 0 Å². The molecule has 0 unspecified atom stereocenters. The standard InChI is InChI=1S/C17H23N3O5S/c1-4-12(5-2)18-15(21)11-25-16(22)10-20(3)17-13-8-6-7-9-14(13)26(23,24)19-17/h6-9,12H,4-5,10-11H2,1-3H3,(H,18,21). The number of nitrogens with one attached hydrogen (secondary N) is 1. The van der Waals surface area contributed by atoms with Gasteiger partial charge in [0.25, 0.3) is 15.9 Å². The summed E-state index contributed by atoms with van der Waals surface area (Å²) in [5, 5.41) is 2.77. The topological polar surface area (TPSA) is 105 Å². The minimum Gasteiger partial charge on any atom is -0.454 e. The highest BCUT2D eigenvalue weighted by Crippen LogP contribution is 2.26. The predicted molar refractivity (Wildman–Crippen MR) is 96.3 cm³/mol. The summed E-state index contributed by atoms with van der Waals surface area (Å²) >= 11 is 0. The Kier molecular flexibility index (Phi) is 6.36. The van der Waals surface area contributed by atoms with Gasteiger partial charge >= 0.3 is 5.97 Å². The zero-order valence-corrected chi connectivity index (χ0v) is 15.9. The lowest BCUT2D eigenvalue weighted by Gasteiger charge is -2.18. The summed E-state index contributed by atoms with van der Waals surface area (Å²) < 4.78 is 32.8. The second-order valence-electron chi connectivity index (χ2n) is 5.98. The number of sulfonamides is 1. The van der Waals surface area contributed by atoms with E-state index in [0.717, 1.165) is 12.8 Å². The van der Waals surface area contributed by atoms with Crippen molar-refractivity contribution in [1.82, 2.24) is 10.2 Å². The second-order valence-corrected chi connectivity index (χ2v) is 7.56. The molecule has 1 aromatic rings. The van der Waals surface area contributed by atoms with Crippen LogP contribution in [0.2, 0.25) is 0 Å². The van der Waals surface area contributed by atoms with Crippen LogP contribution in [0.4, 0.5) is 0 Å². The highest BCUT2D eigenvalue weighted by Gasteiger charge is 2.31. The molecule has 0 aliphatic carbocycles. The van der Waals surface area contributed by atoms with Crippen LogP contribution in [0.3, 0.4) is 0 Å². The Balaban J connectivity index is 1.93. The van der Waals surface area contributed by atoms with E-state index < -0.39 is 16.0 Å². The molecular formula is C17H23N3O5S. The van der Waals surface area contributed by atoms with E-state index in [9.17, 15) is 18.0 Å². The fraction of sp³-hybridized carbons (Fsp3) is 0.471. The maximum absolute atomic E-state index is 12.0. The van der Waals surface area contributed by atoms with Gasteiger partial charge in [0.15, 0.2) is 12.4 Å². The molecule has 142 valence electrons. The molecule has 0 fully saturated rings. The maximum atomic E-state index is 12.0. The van der Waals surface area contributed by atoms with E-state index in [1.165, 1.54) is 11.0 Å². The smallest absolute Gasteiger partial charge is 0.326 e. The second kappa shape index (κ2) is 8.31. The maximum Gasteiger partial charge on any atom is 0.326 e. The van der Waals surface area contributed by atoms with E-state index in [1.807, 2.05) is 13.8 Å². The lowest BCUT2D eigenvalue weighted by Crippen LogP contribution is -2.38. The fourth-order valence-electron chi connectivity index (χ4n) is 2.59. The molecule has 0 saturated heterocycles. The Hall–Kier alpha value is -2.42. The Morgan fingerprint density at radius 1 is 1.23 bits per heavy atom. The van der Waals surface area contributed by atoms with Crippen LogP contribution in [-0.2, 0) is 24.3 Å². The fourth-order valence-corrected chi connectivity index (χ4v) is 3.84. The van der Waals surface area contributed by atoms with Crippen molar-refractivity contribution in [3.8, 4) is 0 Å². The molecule has 2 rings (SSSR count). The minimum atomic E-state index is -3.75. The van der Waals surface area contributed by atoms with Crippen LogP contribution in [0.1, 0.15) is 32.3 Å². The largest absolute Gasteiger partial charge is 0.454 e. The third-order valence-electron chi connectivity index (χ3n) is 4.06. The first-order valence-corrected chi connectivity index (χ1v) is 9.83. The number of amidine groups is 1. The number of ether oxygens (including phenoxy) is 1. The molecule has 8 nitrogen and oxygen atoms in total. The zero-order chi connectivity index (χ0) is 19.3. The number of fused-ring (bicyclic) bond motifs is 1. The highest BCUT2D eigenvalue weighted by atomic mass is 32.2. The van der Waals surface area contributed by atoms with Crippen molar-refractivity contribution in [2.24, 2.45) is 4.40 Å². The van der Waals surface area contributed by atoms with Gasteiger partial charge in [0, 0.05) is 18.7 Å². The summed E-state index contributed by atoms with van der Waals surface area (Å²) in [6.45, 7) is 3.33. The molecule has 26 heavy (non-hydrogen) atoms. The van der Waals surface area contributed by atoms with E-state index in [4.69, 9.17) is 4.74 Å². The molecule has 1 aliphatic rings. The Bertz CT molecular complexity index is 815. The van der Waals surface area contributed by atoms with Crippen molar-refractivity contribution in [3.05, 3.63) is 29.8 Å². The van der Waals surface area contributed by atoms with Crippen molar-refractivity contribution < 1.29 is 22.7 Å². The quantitative estimate of drug-likeness (QED) is 0.704. The molecular weight excluding hydrogens is 358 g/mol. The van der Waals surface area contributed by atoms with Gasteiger partial charge in [-0.25, -0.2) is 0 Å². The Labute approximate surface area is 153 Å². The van der Waals surface area contributed by atoms with Crippen molar-refractivity contribution in [3.63, 3.8) is 0 Å². The first-order chi connectivity index (χ1) is 12.3. The molecule has 1 aliphatic heterocycles. The van der Waals surface area contributed by atoms with Gasteiger partial charge in [-0.1, -0.05) is 26.0 Å². The first-order valence-electron chi connectivity index (χ1n) is 8.39. The van der Waals surface area contributed by atoms with Gasteiger partial charge in [0.2, 0.25) is 0 Å². The summed E-state index contributed by atoms with van der Waals surface area (Å²) in [6.07, 6.45) is 1.60. The summed E-state index contributed by atoms with van der Waals surface area (Å²) in [6, 6.07) is 6.46. The van der Waals surface area contributed by atoms with Gasteiger partial charge in [0.1, 0.15) is 11.4 Å². The average molecular weight is 381 g/mol. The number of rotatable bonds is 7. The number of carbonyl (C=O) groups is 2. The van der Waals surface area contributed by atoms with Crippen LogP contribution < -0.4 is 5.32 Å². The van der Waals surface area contributed by atoms with Gasteiger partial charge in [0.05, 0.1) is 0 Å². The predicted octanol–water partition coefficient (Wildman–Crippen LogP) is 0.915. The third kappa shape index (κ3) is 4.60. The highest BCUT2D eigenvalue weighted by molar-refractivity contribution is 7.90. The Morgan fingerprint density at radius 2 is 1.88 bits per heavy atom. The SMILES string of the molecule is CCC(CC)NC(=O)COC(=O)CN(C)C1=NS(=O)(=O)c2ccccc21. The lowest BCUT2D eigenvalue weighted by molar-refractivity contribution is -0.148. The normalized spacial score (nSPS) is 14.5. The van der Waals surface area contributed by atoms with Gasteiger partial charge in [-0.05, 0) is 25.0 Å². The van der Waals surface area contributed by atoms with E-state index in [1.54, 1.807) is 25.2 Å². The molecule has 0 aromatic heterocycles. The van der Waals surface area contributed by atoms with E-state index >= 15 is 0 Å². The van der Waals surface area contributed by atoms with Gasteiger partial charge in [-0.2, -0.15) is 8.42 Å². The number of carbonyl (C=O) groups excluding carboxylic acids is 2. The van der Waals surface area contributed by atoms with Crippen LogP contribution in [-0.4, -0.2) is 57.3 Å². The first kappa shape index (κ1) is 19.9. The number of nitrogens with zero attached hydrogens (tertiary/aromatic N) is 2. The van der Waals surface area contributed by atoms with Gasteiger partial charge in [-0.15, -0.1) is 4.40 Å². The van der Waals surface area contributed by atoms with Crippen molar-refractivity contribution >= 4 is 27.7 Å². The van der Waals surface area contributed by atoms with Gasteiger partial charge < -0.3 is 15.0 Å². The van der Waals surface area contributed by atoms with E-state index in [-0.39, 0.29) is 35.8 Å². The molecule has 0 spiro atoms. The number of amides is 1. The number of hydrogen-bond donors (Lipinski definition) is 1. The molecule has 0 atom stereocenters. The van der Waals surface area contributed by atoms with Crippen LogP contribution in [0.5, 0.6) is 0 Å². The zero-order valence-electron chi connectivity index (χ0n) is 15.1. The van der Waals surface area contributed by atoms with Crippen LogP contribution in [0.25, 0.3) is 0 Å². The summed E-state index contributed by atoms with van der Waals surface area (Å²) in [4.78, 5) is 25.2. The lowest BCUT2D eigenvalue weighted by atomic mass is 10.2. The summed E-state index contributed by atoms with van der Waals surface area (Å²) in [5.74, 6) is -0.823. The molecule has 0 radical (unpaired) electrons. The Morgan fingerprint density at radius 3 is 2.54 bits per heavy atom. The number of esters is 1. The molecule has 1 heterocycles. The van der Waals surface area contributed by atoms with Gasteiger partial charge in [-0.3, -0.25) is 9.59 Å². The monoisotopic (exact) mass is 381 g/mol. The molecule has 0 bridgehead atoms. The number of benzene rings is 1. The molecule has 1 N–H and O–H groups in total. The molecule has 1 amide bonds. The van der Waals surface area contributed by atoms with Crippen LogP contribution in [0, 0.1) is 0 Å².